The first kappa shape index (κ1) is 11.6. The van der Waals surface area contributed by atoms with Crippen LogP contribution in [0, 0.1) is 0 Å². The zero-order valence-electron chi connectivity index (χ0n) is 7.87. The molecule has 0 aromatic heterocycles. The van der Waals surface area contributed by atoms with Gasteiger partial charge in [-0.2, -0.15) is 0 Å². The highest BCUT2D eigenvalue weighted by atomic mass is 16.2. The van der Waals surface area contributed by atoms with E-state index in [1.54, 1.807) is 12.1 Å². The third-order valence-electron chi connectivity index (χ3n) is 1.16. The third kappa shape index (κ3) is 4.90. The van der Waals surface area contributed by atoms with Crippen LogP contribution in [0.4, 0.5) is 10.5 Å². The third-order valence-corrected chi connectivity index (χ3v) is 1.16. The van der Waals surface area contributed by atoms with E-state index in [1.807, 2.05) is 37.3 Å². The van der Waals surface area contributed by atoms with Crippen molar-refractivity contribution in [2.75, 3.05) is 5.32 Å². The van der Waals surface area contributed by atoms with Crippen LogP contribution < -0.4 is 10.5 Å². The van der Waals surface area contributed by atoms with Gasteiger partial charge in [0.05, 0.1) is 0 Å². The molecule has 68 valence electrons. The highest BCUT2D eigenvalue weighted by molar-refractivity contribution is 6.16. The van der Waals surface area contributed by atoms with E-state index in [4.69, 9.17) is 7.98 Å². The van der Waals surface area contributed by atoms with Gasteiger partial charge in [0, 0.05) is 5.69 Å². The Bertz CT molecular complexity index is 239. The average Bonchev–Trinajstić information content (AvgIpc) is 2.22. The predicted molar refractivity (Wildman–Crippen MR) is 55.7 cm³/mol. The number of anilines is 1. The fraction of sp³-hybridized carbons (Fsp3) is 0.222. The second kappa shape index (κ2) is 7.22. The Morgan fingerprint density at radius 3 is 2.23 bits per heavy atom. The van der Waals surface area contributed by atoms with Gasteiger partial charge in [-0.15, -0.1) is 0 Å². The number of benzene rings is 1. The second-order valence-corrected chi connectivity index (χ2v) is 1.96. The Morgan fingerprint density at radius 1 is 1.23 bits per heavy atom. The summed E-state index contributed by atoms with van der Waals surface area (Å²) < 4.78 is 0. The summed E-state index contributed by atoms with van der Waals surface area (Å²) in [6.45, 7) is 4.00. The van der Waals surface area contributed by atoms with Crippen LogP contribution in [0.3, 0.4) is 0 Å². The van der Waals surface area contributed by atoms with E-state index in [1.165, 1.54) is 0 Å². The molecule has 1 aromatic carbocycles. The maximum atomic E-state index is 10.6. The van der Waals surface area contributed by atoms with E-state index in [-0.39, 0.29) is 0 Å². The molecule has 13 heavy (non-hydrogen) atoms. The van der Waals surface area contributed by atoms with Crippen molar-refractivity contribution in [2.45, 2.75) is 13.8 Å². The number of carbonyl (C=O) groups excluding carboxylic acids is 1. The molecule has 0 heterocycles. The number of urea groups is 1. The summed E-state index contributed by atoms with van der Waals surface area (Å²) in [7, 11) is 4.86. The lowest BCUT2D eigenvalue weighted by molar-refractivity contribution is 0.257. The number of nitrogens with one attached hydrogen (secondary N) is 2. The molecule has 1 rings (SSSR count). The quantitative estimate of drug-likeness (QED) is 0.630. The highest BCUT2D eigenvalue weighted by Crippen LogP contribution is 2.03. The molecule has 0 aliphatic carbocycles. The first-order valence-electron chi connectivity index (χ1n) is 4.15. The van der Waals surface area contributed by atoms with Gasteiger partial charge in [0.25, 0.3) is 0 Å². The van der Waals surface area contributed by atoms with E-state index in [2.05, 4.69) is 5.32 Å². The highest BCUT2D eigenvalue weighted by Gasteiger charge is 1.94. The zero-order valence-corrected chi connectivity index (χ0v) is 7.87. The molecule has 2 amide bonds. The summed E-state index contributed by atoms with van der Waals surface area (Å²) in [6, 6.07) is 8.64. The molecule has 0 aliphatic rings. The number of amides is 2. The summed E-state index contributed by atoms with van der Waals surface area (Å²) in [4.78, 5) is 10.6. The van der Waals surface area contributed by atoms with Crippen molar-refractivity contribution < 1.29 is 4.79 Å². The van der Waals surface area contributed by atoms with Crippen molar-refractivity contribution in [2.24, 2.45) is 0 Å². The van der Waals surface area contributed by atoms with Gasteiger partial charge >= 0.3 is 6.03 Å². The molecule has 0 saturated carbocycles. The molecule has 1 aromatic rings. The standard InChI is InChI=1S/C7H7BN2O.C2H6/c8-10-7(11)9-6-4-2-1-3-5-6;1-2/h1-5H,(H2,9,10,11);1-2H3. The van der Waals surface area contributed by atoms with Crippen LogP contribution >= 0.6 is 0 Å². The Hall–Kier alpha value is -1.45. The van der Waals surface area contributed by atoms with Crippen LogP contribution in [0.25, 0.3) is 0 Å². The minimum Gasteiger partial charge on any atom is -0.391 e. The summed E-state index contributed by atoms with van der Waals surface area (Å²) >= 11 is 0. The van der Waals surface area contributed by atoms with Gasteiger partial charge in [-0.1, -0.05) is 32.0 Å². The number of rotatable bonds is 1. The van der Waals surface area contributed by atoms with Gasteiger partial charge in [-0.25, -0.2) is 4.79 Å². The number of carbonyl (C=O) groups is 1. The topological polar surface area (TPSA) is 41.1 Å². The lowest BCUT2D eigenvalue weighted by Crippen LogP contribution is -2.25. The van der Waals surface area contributed by atoms with E-state index >= 15 is 0 Å². The first-order chi connectivity index (χ1) is 6.33. The van der Waals surface area contributed by atoms with Crippen molar-refractivity contribution in [3.05, 3.63) is 30.3 Å². The molecule has 2 N–H and O–H groups in total. The SMILES string of the molecule is CC.[B]NC(=O)Nc1ccccc1. The van der Waals surface area contributed by atoms with Crippen LogP contribution in [-0.2, 0) is 0 Å². The molecular formula is C9H13BN2O. The Balaban J connectivity index is 0.000000671. The molecule has 0 unspecified atom stereocenters. The fourth-order valence-corrected chi connectivity index (χ4v) is 0.689. The first-order valence-corrected chi connectivity index (χ1v) is 4.15. The largest absolute Gasteiger partial charge is 0.391 e. The van der Waals surface area contributed by atoms with Crippen LogP contribution in [0.1, 0.15) is 13.8 Å². The molecular weight excluding hydrogens is 163 g/mol. The van der Waals surface area contributed by atoms with Gasteiger partial charge in [-0.3, -0.25) is 0 Å². The van der Waals surface area contributed by atoms with E-state index < -0.39 is 6.03 Å². The normalized spacial score (nSPS) is 7.85. The van der Waals surface area contributed by atoms with Gasteiger partial charge in [0.1, 0.15) is 0 Å². The lowest BCUT2D eigenvalue weighted by Gasteiger charge is -2.02. The van der Waals surface area contributed by atoms with E-state index in [0.29, 0.717) is 0 Å². The second-order valence-electron chi connectivity index (χ2n) is 1.96. The van der Waals surface area contributed by atoms with Crippen LogP contribution in [-0.4, -0.2) is 14.0 Å². The Kier molecular flexibility index (Phi) is 6.42. The van der Waals surface area contributed by atoms with Crippen molar-refractivity contribution in [3.8, 4) is 0 Å². The minimum absolute atomic E-state index is 0.420. The summed E-state index contributed by atoms with van der Waals surface area (Å²) in [5, 5.41) is 4.48. The van der Waals surface area contributed by atoms with Gasteiger partial charge in [0.2, 0.25) is 7.98 Å². The Morgan fingerprint density at radius 2 is 1.77 bits per heavy atom. The summed E-state index contributed by atoms with van der Waals surface area (Å²) in [6.07, 6.45) is 0. The molecule has 0 spiro atoms. The number of hydrogen-bond acceptors (Lipinski definition) is 1. The van der Waals surface area contributed by atoms with Crippen molar-refractivity contribution in [1.82, 2.24) is 5.23 Å². The monoisotopic (exact) mass is 176 g/mol. The minimum atomic E-state index is -0.420. The molecule has 0 saturated heterocycles. The number of para-hydroxylation sites is 1. The molecule has 3 nitrogen and oxygen atoms in total. The molecule has 0 bridgehead atoms. The number of hydrogen-bond donors (Lipinski definition) is 2. The van der Waals surface area contributed by atoms with Crippen LogP contribution in [0.5, 0.6) is 0 Å². The fourth-order valence-electron chi connectivity index (χ4n) is 0.689. The van der Waals surface area contributed by atoms with Crippen molar-refractivity contribution in [3.63, 3.8) is 0 Å². The van der Waals surface area contributed by atoms with E-state index in [0.717, 1.165) is 5.69 Å². The summed E-state index contributed by atoms with van der Waals surface area (Å²) in [5.74, 6) is 0. The Labute approximate surface area is 80.0 Å². The maximum absolute atomic E-state index is 10.6. The van der Waals surface area contributed by atoms with Gasteiger partial charge in [0.15, 0.2) is 0 Å². The molecule has 0 aliphatic heterocycles. The van der Waals surface area contributed by atoms with Crippen molar-refractivity contribution in [1.29, 1.82) is 0 Å². The molecule has 4 heteroatoms. The van der Waals surface area contributed by atoms with Crippen molar-refractivity contribution >= 4 is 19.7 Å². The molecule has 2 radical (unpaired) electrons. The smallest absolute Gasteiger partial charge is 0.306 e. The lowest BCUT2D eigenvalue weighted by atomic mass is 10.3. The molecule has 0 atom stereocenters. The van der Waals surface area contributed by atoms with Gasteiger partial charge in [-0.05, 0) is 12.1 Å². The zero-order chi connectivity index (χ0) is 10.1. The molecule has 0 fully saturated rings. The predicted octanol–water partition coefficient (Wildman–Crippen LogP) is 1.92. The van der Waals surface area contributed by atoms with Crippen LogP contribution in [0.2, 0.25) is 0 Å². The van der Waals surface area contributed by atoms with E-state index in [9.17, 15) is 4.79 Å². The van der Waals surface area contributed by atoms with Gasteiger partial charge < -0.3 is 10.5 Å². The average molecular weight is 176 g/mol. The summed E-state index contributed by atoms with van der Waals surface area (Å²) in [5.41, 5.74) is 0.718. The maximum Gasteiger partial charge on any atom is 0.306 e. The van der Waals surface area contributed by atoms with Crippen LogP contribution in [0.15, 0.2) is 30.3 Å².